The van der Waals surface area contributed by atoms with E-state index in [9.17, 15) is 14.0 Å². The fourth-order valence-corrected chi connectivity index (χ4v) is 3.86. The highest BCUT2D eigenvalue weighted by molar-refractivity contribution is 5.86. The third kappa shape index (κ3) is 4.49. The minimum absolute atomic E-state index is 0.120. The zero-order chi connectivity index (χ0) is 22.0. The Morgan fingerprint density at radius 2 is 1.87 bits per heavy atom. The van der Waals surface area contributed by atoms with Gasteiger partial charge in [0.15, 0.2) is 5.69 Å². The lowest BCUT2D eigenvalue weighted by Crippen LogP contribution is -2.54. The van der Waals surface area contributed by atoms with Crippen LogP contribution in [0.1, 0.15) is 23.0 Å². The Morgan fingerprint density at radius 1 is 1.10 bits per heavy atom. The quantitative estimate of drug-likeness (QED) is 0.696. The first-order valence-corrected chi connectivity index (χ1v) is 10.1. The Balaban J connectivity index is 1.40. The van der Waals surface area contributed by atoms with Crippen LogP contribution >= 0.6 is 0 Å². The standard InChI is InChI=1S/C23H23FN4O3/c1-16-14-26(11-12-27(16)23(31)28-10-9-21(25-28)22(29)30)15-19-8-7-18(13-20(19)24)17-5-3-2-4-6-17/h2-10,13,16H,11-12,14-15H2,1H3,(H,29,30)/t16-/m1/s1. The van der Waals surface area contributed by atoms with Crippen LogP contribution in [-0.2, 0) is 6.54 Å². The number of halogens is 1. The molecule has 0 radical (unpaired) electrons. The SMILES string of the molecule is C[C@@H]1CN(Cc2ccc(-c3ccccc3)cc2F)CCN1C(=O)n1ccc(C(=O)O)n1. The second-order valence-electron chi connectivity index (χ2n) is 7.68. The summed E-state index contributed by atoms with van der Waals surface area (Å²) >= 11 is 0. The van der Waals surface area contributed by atoms with E-state index in [1.807, 2.05) is 49.4 Å². The zero-order valence-electron chi connectivity index (χ0n) is 17.1. The first-order chi connectivity index (χ1) is 14.9. The molecule has 0 unspecified atom stereocenters. The Bertz CT molecular complexity index is 1100. The van der Waals surface area contributed by atoms with Gasteiger partial charge in [-0.3, -0.25) is 4.90 Å². The van der Waals surface area contributed by atoms with E-state index in [4.69, 9.17) is 5.11 Å². The molecule has 1 saturated heterocycles. The van der Waals surface area contributed by atoms with E-state index in [-0.39, 0.29) is 23.6 Å². The van der Waals surface area contributed by atoms with Gasteiger partial charge in [-0.15, -0.1) is 0 Å². The highest BCUT2D eigenvalue weighted by Gasteiger charge is 2.29. The second-order valence-corrected chi connectivity index (χ2v) is 7.68. The van der Waals surface area contributed by atoms with Gasteiger partial charge in [-0.2, -0.15) is 9.78 Å². The number of rotatable bonds is 4. The third-order valence-corrected chi connectivity index (χ3v) is 5.52. The number of benzene rings is 2. The van der Waals surface area contributed by atoms with Crippen molar-refractivity contribution in [3.05, 3.63) is 77.9 Å². The van der Waals surface area contributed by atoms with Gasteiger partial charge in [-0.05, 0) is 30.2 Å². The van der Waals surface area contributed by atoms with Crippen molar-refractivity contribution >= 4 is 12.0 Å². The molecule has 0 spiro atoms. The van der Waals surface area contributed by atoms with Crippen molar-refractivity contribution in [3.63, 3.8) is 0 Å². The van der Waals surface area contributed by atoms with Crippen LogP contribution in [0.2, 0.25) is 0 Å². The molecule has 2 aromatic carbocycles. The summed E-state index contributed by atoms with van der Waals surface area (Å²) in [7, 11) is 0. The van der Waals surface area contributed by atoms with Crippen molar-refractivity contribution in [2.75, 3.05) is 19.6 Å². The van der Waals surface area contributed by atoms with Crippen molar-refractivity contribution in [3.8, 4) is 11.1 Å². The number of carbonyl (C=O) groups excluding carboxylic acids is 1. The molecule has 1 N–H and O–H groups in total. The number of aromatic nitrogens is 2. The molecular weight excluding hydrogens is 399 g/mol. The molecule has 160 valence electrons. The van der Waals surface area contributed by atoms with Gasteiger partial charge < -0.3 is 10.0 Å². The maximum atomic E-state index is 14.7. The van der Waals surface area contributed by atoms with Crippen molar-refractivity contribution in [2.24, 2.45) is 0 Å². The van der Waals surface area contributed by atoms with Crippen molar-refractivity contribution in [2.45, 2.75) is 19.5 Å². The summed E-state index contributed by atoms with van der Waals surface area (Å²) in [5, 5.41) is 12.8. The van der Waals surface area contributed by atoms with Crippen LogP contribution < -0.4 is 0 Å². The Labute approximate surface area is 179 Å². The van der Waals surface area contributed by atoms with Crippen molar-refractivity contribution in [1.29, 1.82) is 0 Å². The maximum Gasteiger partial charge on any atom is 0.356 e. The highest BCUT2D eigenvalue weighted by Crippen LogP contribution is 2.23. The monoisotopic (exact) mass is 422 g/mol. The number of piperazine rings is 1. The van der Waals surface area contributed by atoms with E-state index in [0.29, 0.717) is 31.7 Å². The summed E-state index contributed by atoms with van der Waals surface area (Å²) in [4.78, 5) is 27.4. The minimum Gasteiger partial charge on any atom is -0.476 e. The van der Waals surface area contributed by atoms with Gasteiger partial charge >= 0.3 is 12.0 Å². The molecule has 3 aromatic rings. The normalized spacial score (nSPS) is 17.0. The van der Waals surface area contributed by atoms with Gasteiger partial charge in [0.2, 0.25) is 0 Å². The van der Waals surface area contributed by atoms with Gasteiger partial charge in [0, 0.05) is 44.0 Å². The average molecular weight is 422 g/mol. The average Bonchev–Trinajstić information content (AvgIpc) is 3.26. The largest absolute Gasteiger partial charge is 0.476 e. The fraction of sp³-hybridized carbons (Fsp3) is 0.261. The minimum atomic E-state index is -1.18. The molecule has 0 saturated carbocycles. The lowest BCUT2D eigenvalue weighted by atomic mass is 10.0. The molecule has 1 aliphatic rings. The first kappa shape index (κ1) is 20.7. The number of hydrogen-bond acceptors (Lipinski definition) is 4. The summed E-state index contributed by atoms with van der Waals surface area (Å²) in [5.41, 5.74) is 2.25. The van der Waals surface area contributed by atoms with Crippen LogP contribution in [-0.4, -0.2) is 62.4 Å². The summed E-state index contributed by atoms with van der Waals surface area (Å²) in [6.45, 7) is 3.99. The van der Waals surface area contributed by atoms with E-state index in [1.165, 1.54) is 12.3 Å². The smallest absolute Gasteiger partial charge is 0.356 e. The Hall–Kier alpha value is -3.52. The van der Waals surface area contributed by atoms with Crippen LogP contribution in [0, 0.1) is 5.82 Å². The van der Waals surface area contributed by atoms with E-state index in [2.05, 4.69) is 10.00 Å². The predicted molar refractivity (Wildman–Crippen MR) is 113 cm³/mol. The maximum absolute atomic E-state index is 14.7. The van der Waals surface area contributed by atoms with E-state index < -0.39 is 5.97 Å². The number of carbonyl (C=O) groups is 2. The van der Waals surface area contributed by atoms with E-state index >= 15 is 0 Å². The van der Waals surface area contributed by atoms with Crippen LogP contribution in [0.5, 0.6) is 0 Å². The summed E-state index contributed by atoms with van der Waals surface area (Å²) < 4.78 is 15.8. The molecule has 0 aliphatic carbocycles. The van der Waals surface area contributed by atoms with E-state index in [1.54, 1.807) is 11.0 Å². The van der Waals surface area contributed by atoms with Crippen LogP contribution in [0.25, 0.3) is 11.1 Å². The lowest BCUT2D eigenvalue weighted by Gasteiger charge is -2.39. The van der Waals surface area contributed by atoms with Crippen LogP contribution in [0.4, 0.5) is 9.18 Å². The molecule has 4 rings (SSSR count). The topological polar surface area (TPSA) is 78.7 Å². The van der Waals surface area contributed by atoms with Gasteiger partial charge in [-0.1, -0.05) is 42.5 Å². The fourth-order valence-electron chi connectivity index (χ4n) is 3.86. The molecule has 1 fully saturated rings. The third-order valence-electron chi connectivity index (χ3n) is 5.52. The van der Waals surface area contributed by atoms with Crippen LogP contribution in [0.3, 0.4) is 0 Å². The number of aromatic carboxylic acids is 1. The predicted octanol–water partition coefficient (Wildman–Crippen LogP) is 3.56. The van der Waals surface area contributed by atoms with Gasteiger partial charge in [0.25, 0.3) is 0 Å². The molecule has 31 heavy (non-hydrogen) atoms. The van der Waals surface area contributed by atoms with E-state index in [0.717, 1.165) is 15.8 Å². The van der Waals surface area contributed by atoms with Gasteiger partial charge in [0.05, 0.1) is 0 Å². The molecular formula is C23H23FN4O3. The van der Waals surface area contributed by atoms with Crippen LogP contribution in [0.15, 0.2) is 60.8 Å². The molecule has 1 aliphatic heterocycles. The number of hydrogen-bond donors (Lipinski definition) is 1. The zero-order valence-corrected chi connectivity index (χ0v) is 17.1. The molecule has 8 heteroatoms. The summed E-state index contributed by atoms with van der Waals surface area (Å²) in [5.74, 6) is -1.42. The molecule has 1 amide bonds. The van der Waals surface area contributed by atoms with Crippen molar-refractivity contribution in [1.82, 2.24) is 19.6 Å². The second kappa shape index (κ2) is 8.69. The van der Waals surface area contributed by atoms with Gasteiger partial charge in [0.1, 0.15) is 5.82 Å². The summed E-state index contributed by atoms with van der Waals surface area (Å²) in [6.07, 6.45) is 1.36. The number of carboxylic acid groups (broad SMARTS) is 1. The molecule has 2 heterocycles. The highest BCUT2D eigenvalue weighted by atomic mass is 19.1. The Kier molecular flexibility index (Phi) is 5.81. The molecule has 1 aromatic heterocycles. The lowest BCUT2D eigenvalue weighted by molar-refractivity contribution is 0.0689. The molecule has 1 atom stereocenters. The first-order valence-electron chi connectivity index (χ1n) is 10.1. The Morgan fingerprint density at radius 3 is 2.52 bits per heavy atom. The molecule has 7 nitrogen and oxygen atoms in total. The number of nitrogens with zero attached hydrogens (tertiary/aromatic N) is 4. The number of carboxylic acids is 1. The number of amides is 1. The summed E-state index contributed by atoms with van der Waals surface area (Å²) in [6, 6.07) is 15.8. The van der Waals surface area contributed by atoms with Crippen molar-refractivity contribution < 1.29 is 19.1 Å². The molecule has 0 bridgehead atoms. The van der Waals surface area contributed by atoms with Gasteiger partial charge in [-0.25, -0.2) is 14.0 Å².